The molecular formula is C11H9BrF6. The molecule has 0 aromatic heterocycles. The molecule has 1 aromatic carbocycles. The highest BCUT2D eigenvalue weighted by molar-refractivity contribution is 9.08. The highest BCUT2D eigenvalue weighted by Crippen LogP contribution is 2.41. The van der Waals surface area contributed by atoms with Crippen molar-refractivity contribution in [1.82, 2.24) is 0 Å². The first-order valence-corrected chi connectivity index (χ1v) is 6.10. The molecule has 0 saturated heterocycles. The van der Waals surface area contributed by atoms with E-state index in [9.17, 15) is 26.3 Å². The van der Waals surface area contributed by atoms with Crippen LogP contribution in [0.15, 0.2) is 12.1 Å². The van der Waals surface area contributed by atoms with Crippen LogP contribution in [0.2, 0.25) is 0 Å². The van der Waals surface area contributed by atoms with Crippen LogP contribution < -0.4 is 0 Å². The molecule has 1 rings (SSSR count). The highest BCUT2D eigenvalue weighted by Gasteiger charge is 2.41. The standard InChI is InChI=1S/C11H9BrF6/c1-2-7-8(10(13,14)15)4-3-6(5-12)9(7)11(16,17)18/h3-4H,2,5H2,1H3. The molecule has 0 spiro atoms. The van der Waals surface area contributed by atoms with Crippen molar-refractivity contribution in [1.29, 1.82) is 0 Å². The van der Waals surface area contributed by atoms with Crippen LogP contribution in [0, 0.1) is 0 Å². The van der Waals surface area contributed by atoms with Crippen molar-refractivity contribution in [2.24, 2.45) is 0 Å². The molecule has 102 valence electrons. The Balaban J connectivity index is 3.64. The first-order valence-electron chi connectivity index (χ1n) is 4.98. The zero-order valence-corrected chi connectivity index (χ0v) is 10.8. The number of halogens is 7. The molecule has 1 aromatic rings. The average molecular weight is 335 g/mol. The molecule has 0 N–H and O–H groups in total. The van der Waals surface area contributed by atoms with Crippen LogP contribution in [-0.4, -0.2) is 0 Å². The van der Waals surface area contributed by atoms with Crippen molar-refractivity contribution < 1.29 is 26.3 Å². The maximum atomic E-state index is 12.9. The molecule has 0 heterocycles. The smallest absolute Gasteiger partial charge is 0.166 e. The molecule has 0 aliphatic carbocycles. The maximum Gasteiger partial charge on any atom is 0.416 e. The van der Waals surface area contributed by atoms with E-state index in [0.717, 1.165) is 6.07 Å². The summed E-state index contributed by atoms with van der Waals surface area (Å²) in [5, 5.41) is -0.146. The molecule has 0 bridgehead atoms. The van der Waals surface area contributed by atoms with E-state index < -0.39 is 29.0 Å². The first-order chi connectivity index (χ1) is 8.12. The van der Waals surface area contributed by atoms with Gasteiger partial charge >= 0.3 is 12.4 Å². The lowest BCUT2D eigenvalue weighted by atomic mass is 9.94. The molecule has 0 atom stereocenters. The summed E-state index contributed by atoms with van der Waals surface area (Å²) in [4.78, 5) is 0. The summed E-state index contributed by atoms with van der Waals surface area (Å²) < 4.78 is 76.6. The van der Waals surface area contributed by atoms with Crippen LogP contribution >= 0.6 is 15.9 Å². The van der Waals surface area contributed by atoms with Gasteiger partial charge in [0.1, 0.15) is 0 Å². The van der Waals surface area contributed by atoms with Crippen molar-refractivity contribution in [2.45, 2.75) is 31.0 Å². The molecule has 0 saturated carbocycles. The van der Waals surface area contributed by atoms with Crippen LogP contribution in [0.25, 0.3) is 0 Å². The molecule has 0 unspecified atom stereocenters. The summed E-state index contributed by atoms with van der Waals surface area (Å²) in [6.07, 6.45) is -9.91. The molecule has 0 aliphatic heterocycles. The predicted molar refractivity (Wildman–Crippen MR) is 58.5 cm³/mol. The predicted octanol–water partition coefficient (Wildman–Crippen LogP) is 5.18. The van der Waals surface area contributed by atoms with Gasteiger partial charge in [-0.05, 0) is 23.6 Å². The Kier molecular flexibility index (Phi) is 4.35. The number of hydrogen-bond donors (Lipinski definition) is 0. The molecule has 0 fully saturated rings. The SMILES string of the molecule is CCc1c(C(F)(F)F)ccc(CBr)c1C(F)(F)F. The average Bonchev–Trinajstić information content (AvgIpc) is 2.24. The number of alkyl halides is 7. The molecule has 0 radical (unpaired) electrons. The normalized spacial score (nSPS) is 12.9. The van der Waals surface area contributed by atoms with Crippen molar-refractivity contribution in [3.8, 4) is 0 Å². The number of hydrogen-bond acceptors (Lipinski definition) is 0. The Morgan fingerprint density at radius 1 is 1.00 bits per heavy atom. The van der Waals surface area contributed by atoms with Gasteiger partial charge in [-0.1, -0.05) is 28.9 Å². The summed E-state index contributed by atoms with van der Waals surface area (Å²) in [5.74, 6) is 0. The van der Waals surface area contributed by atoms with Gasteiger partial charge in [0.2, 0.25) is 0 Å². The van der Waals surface area contributed by atoms with Gasteiger partial charge in [-0.3, -0.25) is 0 Å². The van der Waals surface area contributed by atoms with E-state index in [1.165, 1.54) is 6.92 Å². The second-order valence-electron chi connectivity index (χ2n) is 3.61. The fourth-order valence-electron chi connectivity index (χ4n) is 1.79. The highest BCUT2D eigenvalue weighted by atomic mass is 79.9. The topological polar surface area (TPSA) is 0 Å². The van der Waals surface area contributed by atoms with E-state index in [1.807, 2.05) is 0 Å². The van der Waals surface area contributed by atoms with E-state index in [1.54, 1.807) is 0 Å². The van der Waals surface area contributed by atoms with Gasteiger partial charge in [0.25, 0.3) is 0 Å². The fourth-order valence-corrected chi connectivity index (χ4v) is 2.26. The Labute approximate surface area is 108 Å². The monoisotopic (exact) mass is 334 g/mol. The Bertz CT molecular complexity index is 432. The van der Waals surface area contributed by atoms with Crippen molar-refractivity contribution in [2.75, 3.05) is 0 Å². The summed E-state index contributed by atoms with van der Waals surface area (Å²) >= 11 is 2.86. The van der Waals surface area contributed by atoms with E-state index in [0.29, 0.717) is 6.07 Å². The summed E-state index contributed by atoms with van der Waals surface area (Å²) in [5.41, 5.74) is -3.29. The Hall–Kier alpha value is -0.720. The number of rotatable bonds is 2. The maximum absolute atomic E-state index is 12.9. The van der Waals surface area contributed by atoms with Gasteiger partial charge < -0.3 is 0 Å². The molecule has 0 nitrogen and oxygen atoms in total. The van der Waals surface area contributed by atoms with Crippen molar-refractivity contribution in [3.05, 3.63) is 34.4 Å². The Morgan fingerprint density at radius 3 is 1.89 bits per heavy atom. The molecule has 0 amide bonds. The van der Waals surface area contributed by atoms with Crippen LogP contribution in [-0.2, 0) is 24.1 Å². The largest absolute Gasteiger partial charge is 0.416 e. The molecule has 0 aliphatic rings. The minimum Gasteiger partial charge on any atom is -0.166 e. The summed E-state index contributed by atoms with van der Waals surface area (Å²) in [7, 11) is 0. The lowest BCUT2D eigenvalue weighted by molar-refractivity contribution is -0.144. The van der Waals surface area contributed by atoms with Gasteiger partial charge in [-0.2, -0.15) is 26.3 Å². The van der Waals surface area contributed by atoms with E-state index >= 15 is 0 Å². The van der Waals surface area contributed by atoms with Gasteiger partial charge in [0.15, 0.2) is 0 Å². The quantitative estimate of drug-likeness (QED) is 0.516. The molecular weight excluding hydrogens is 326 g/mol. The third kappa shape index (κ3) is 2.99. The number of benzene rings is 1. The lowest BCUT2D eigenvalue weighted by Gasteiger charge is -2.20. The van der Waals surface area contributed by atoms with E-state index in [4.69, 9.17) is 0 Å². The minimum atomic E-state index is -4.80. The van der Waals surface area contributed by atoms with Crippen LogP contribution in [0.3, 0.4) is 0 Å². The Morgan fingerprint density at radius 2 is 1.56 bits per heavy atom. The minimum absolute atomic E-state index is 0.146. The van der Waals surface area contributed by atoms with Gasteiger partial charge in [-0.25, -0.2) is 0 Å². The van der Waals surface area contributed by atoms with Crippen molar-refractivity contribution in [3.63, 3.8) is 0 Å². The molecule has 18 heavy (non-hydrogen) atoms. The zero-order valence-electron chi connectivity index (χ0n) is 9.21. The van der Waals surface area contributed by atoms with Crippen molar-refractivity contribution >= 4 is 15.9 Å². The first kappa shape index (κ1) is 15.3. The third-order valence-electron chi connectivity index (χ3n) is 2.49. The third-order valence-corrected chi connectivity index (χ3v) is 3.09. The zero-order chi connectivity index (χ0) is 14.1. The molecule has 7 heteroatoms. The van der Waals surface area contributed by atoms with E-state index in [2.05, 4.69) is 15.9 Å². The van der Waals surface area contributed by atoms with Gasteiger partial charge in [0, 0.05) is 5.33 Å². The van der Waals surface area contributed by atoms with Gasteiger partial charge in [0.05, 0.1) is 11.1 Å². The summed E-state index contributed by atoms with van der Waals surface area (Å²) in [6, 6.07) is 1.56. The fraction of sp³-hybridized carbons (Fsp3) is 0.455. The van der Waals surface area contributed by atoms with Gasteiger partial charge in [-0.15, -0.1) is 0 Å². The van der Waals surface area contributed by atoms with Crippen LogP contribution in [0.5, 0.6) is 0 Å². The summed E-state index contributed by atoms with van der Waals surface area (Å²) in [6.45, 7) is 1.28. The second kappa shape index (κ2) is 5.11. The van der Waals surface area contributed by atoms with Crippen LogP contribution in [0.1, 0.15) is 29.2 Å². The second-order valence-corrected chi connectivity index (χ2v) is 4.17. The van der Waals surface area contributed by atoms with E-state index in [-0.39, 0.29) is 17.3 Å². The van der Waals surface area contributed by atoms with Crippen LogP contribution in [0.4, 0.5) is 26.3 Å². The lowest BCUT2D eigenvalue weighted by Crippen LogP contribution is -2.18.